The molecule has 0 fully saturated rings. The monoisotopic (exact) mass is 219 g/mol. The fourth-order valence-corrected chi connectivity index (χ4v) is 1.82. The first kappa shape index (κ1) is 14.3. The van der Waals surface area contributed by atoms with Crippen LogP contribution in [0.2, 0.25) is 0 Å². The molecule has 0 bridgehead atoms. The van der Waals surface area contributed by atoms with E-state index in [4.69, 9.17) is 4.74 Å². The molecule has 0 aliphatic rings. The molecular weight excluding hydrogens is 194 g/mol. The average molecular weight is 219 g/mol. The predicted octanol–water partition coefficient (Wildman–Crippen LogP) is 2.53. The fourth-order valence-electron chi connectivity index (χ4n) is 1.33. The third-order valence-corrected chi connectivity index (χ3v) is 2.73. The Morgan fingerprint density at radius 3 is 2.57 bits per heavy atom. The predicted molar refractivity (Wildman–Crippen MR) is 66.2 cm³/mol. The van der Waals surface area contributed by atoms with Gasteiger partial charge in [-0.3, -0.25) is 0 Å². The smallest absolute Gasteiger partial charge is 0.0750 e. The van der Waals surface area contributed by atoms with E-state index >= 15 is 0 Å². The fraction of sp³-hybridized carbons (Fsp3) is 1.00. The summed E-state index contributed by atoms with van der Waals surface area (Å²) in [4.78, 5) is 0. The molecule has 0 unspecified atom stereocenters. The van der Waals surface area contributed by atoms with Crippen molar-refractivity contribution >= 4 is 11.8 Å². The van der Waals surface area contributed by atoms with Crippen molar-refractivity contribution < 1.29 is 4.74 Å². The highest BCUT2D eigenvalue weighted by molar-refractivity contribution is 7.98. The second-order valence-corrected chi connectivity index (χ2v) is 5.05. The number of hydrogen-bond acceptors (Lipinski definition) is 3. The van der Waals surface area contributed by atoms with Crippen molar-refractivity contribution in [3.05, 3.63) is 0 Å². The molecular formula is C11H25NOS. The van der Waals surface area contributed by atoms with Crippen LogP contribution in [0.4, 0.5) is 0 Å². The topological polar surface area (TPSA) is 21.3 Å². The average Bonchev–Trinajstić information content (AvgIpc) is 2.11. The molecule has 1 N–H and O–H groups in total. The molecule has 86 valence electrons. The van der Waals surface area contributed by atoms with Crippen molar-refractivity contribution in [3.8, 4) is 0 Å². The SMILES string of the molecule is CCOC(C)(C)CNCCCCSC. The van der Waals surface area contributed by atoms with Gasteiger partial charge in [0, 0.05) is 13.2 Å². The molecule has 0 aromatic carbocycles. The zero-order chi connectivity index (χ0) is 10.9. The lowest BCUT2D eigenvalue weighted by molar-refractivity contribution is -0.00866. The van der Waals surface area contributed by atoms with Crippen molar-refractivity contribution in [2.75, 3.05) is 31.7 Å². The molecule has 0 aliphatic carbocycles. The highest BCUT2D eigenvalue weighted by atomic mass is 32.2. The lowest BCUT2D eigenvalue weighted by atomic mass is 10.1. The van der Waals surface area contributed by atoms with Crippen molar-refractivity contribution in [2.45, 2.75) is 39.2 Å². The second-order valence-electron chi connectivity index (χ2n) is 4.07. The maximum absolute atomic E-state index is 5.59. The molecule has 3 heteroatoms. The minimum atomic E-state index is -0.0196. The van der Waals surface area contributed by atoms with E-state index in [1.54, 1.807) is 0 Å². The molecule has 0 heterocycles. The molecule has 0 amide bonds. The Kier molecular flexibility index (Phi) is 8.73. The Labute approximate surface area is 93.2 Å². The van der Waals surface area contributed by atoms with Gasteiger partial charge in [-0.25, -0.2) is 0 Å². The van der Waals surface area contributed by atoms with Crippen LogP contribution in [0.5, 0.6) is 0 Å². The van der Waals surface area contributed by atoms with Crippen LogP contribution in [-0.2, 0) is 4.74 Å². The van der Waals surface area contributed by atoms with Gasteiger partial charge in [0.2, 0.25) is 0 Å². The summed E-state index contributed by atoms with van der Waals surface area (Å²) in [6.45, 7) is 9.15. The van der Waals surface area contributed by atoms with Crippen molar-refractivity contribution in [1.82, 2.24) is 5.32 Å². The van der Waals surface area contributed by atoms with Gasteiger partial charge in [0.1, 0.15) is 0 Å². The standard InChI is InChI=1S/C11H25NOS/c1-5-13-11(2,3)10-12-8-6-7-9-14-4/h12H,5-10H2,1-4H3. The molecule has 0 aromatic rings. The molecule has 0 saturated heterocycles. The summed E-state index contributed by atoms with van der Waals surface area (Å²) in [6, 6.07) is 0. The first-order chi connectivity index (χ1) is 6.62. The van der Waals surface area contributed by atoms with Crippen LogP contribution in [0, 0.1) is 0 Å². The highest BCUT2D eigenvalue weighted by Crippen LogP contribution is 2.06. The van der Waals surface area contributed by atoms with Crippen molar-refractivity contribution in [1.29, 1.82) is 0 Å². The minimum absolute atomic E-state index is 0.0196. The summed E-state index contributed by atoms with van der Waals surface area (Å²) < 4.78 is 5.59. The molecule has 0 atom stereocenters. The van der Waals surface area contributed by atoms with Gasteiger partial charge in [0.05, 0.1) is 5.60 Å². The zero-order valence-corrected chi connectivity index (χ0v) is 10.9. The van der Waals surface area contributed by atoms with Gasteiger partial charge in [-0.05, 0) is 52.2 Å². The van der Waals surface area contributed by atoms with Gasteiger partial charge >= 0.3 is 0 Å². The molecule has 0 aliphatic heterocycles. The number of nitrogens with one attached hydrogen (secondary N) is 1. The van der Waals surface area contributed by atoms with Gasteiger partial charge in [-0.15, -0.1) is 0 Å². The molecule has 0 aromatic heterocycles. The number of ether oxygens (including phenoxy) is 1. The molecule has 0 spiro atoms. The van der Waals surface area contributed by atoms with E-state index in [2.05, 4.69) is 25.4 Å². The summed E-state index contributed by atoms with van der Waals surface area (Å²) in [6.07, 6.45) is 4.73. The Hall–Kier alpha value is 0.270. The number of hydrogen-bond donors (Lipinski definition) is 1. The quantitative estimate of drug-likeness (QED) is 0.602. The van der Waals surface area contributed by atoms with E-state index in [1.165, 1.54) is 18.6 Å². The Morgan fingerprint density at radius 2 is 2.00 bits per heavy atom. The van der Waals surface area contributed by atoms with Gasteiger partial charge in [0.15, 0.2) is 0 Å². The van der Waals surface area contributed by atoms with Crippen LogP contribution in [0.25, 0.3) is 0 Å². The van der Waals surface area contributed by atoms with Crippen molar-refractivity contribution in [2.24, 2.45) is 0 Å². The van der Waals surface area contributed by atoms with Crippen LogP contribution in [-0.4, -0.2) is 37.3 Å². The van der Waals surface area contributed by atoms with E-state index in [9.17, 15) is 0 Å². The Bertz CT molecular complexity index is 128. The van der Waals surface area contributed by atoms with Gasteiger partial charge < -0.3 is 10.1 Å². The van der Waals surface area contributed by atoms with E-state index in [0.717, 1.165) is 19.7 Å². The van der Waals surface area contributed by atoms with Crippen LogP contribution in [0.15, 0.2) is 0 Å². The van der Waals surface area contributed by atoms with Crippen LogP contribution < -0.4 is 5.32 Å². The normalized spacial score (nSPS) is 12.0. The van der Waals surface area contributed by atoms with Crippen molar-refractivity contribution in [3.63, 3.8) is 0 Å². The maximum Gasteiger partial charge on any atom is 0.0750 e. The number of thioether (sulfide) groups is 1. The second kappa shape index (κ2) is 8.57. The first-order valence-corrected chi connectivity index (χ1v) is 6.85. The summed E-state index contributed by atoms with van der Waals surface area (Å²) in [5, 5.41) is 3.44. The molecule has 2 nitrogen and oxygen atoms in total. The summed E-state index contributed by atoms with van der Waals surface area (Å²) >= 11 is 1.92. The van der Waals surface area contributed by atoms with E-state index in [1.807, 2.05) is 18.7 Å². The lowest BCUT2D eigenvalue weighted by Gasteiger charge is -2.24. The first-order valence-electron chi connectivity index (χ1n) is 5.46. The van der Waals surface area contributed by atoms with Gasteiger partial charge in [0.25, 0.3) is 0 Å². The van der Waals surface area contributed by atoms with E-state index < -0.39 is 0 Å². The largest absolute Gasteiger partial charge is 0.375 e. The summed E-state index contributed by atoms with van der Waals surface area (Å²) in [5.41, 5.74) is -0.0196. The molecule has 0 rings (SSSR count). The summed E-state index contributed by atoms with van der Waals surface area (Å²) in [5.74, 6) is 1.27. The maximum atomic E-state index is 5.59. The number of unbranched alkanes of at least 4 members (excludes halogenated alkanes) is 1. The van der Waals surface area contributed by atoms with Crippen LogP contribution in [0.3, 0.4) is 0 Å². The van der Waals surface area contributed by atoms with Gasteiger partial charge in [-0.2, -0.15) is 11.8 Å². The van der Waals surface area contributed by atoms with E-state index in [-0.39, 0.29) is 5.60 Å². The summed E-state index contributed by atoms with van der Waals surface area (Å²) in [7, 11) is 0. The Balaban J connectivity index is 3.26. The van der Waals surface area contributed by atoms with Crippen LogP contribution >= 0.6 is 11.8 Å². The number of rotatable bonds is 9. The van der Waals surface area contributed by atoms with E-state index in [0.29, 0.717) is 0 Å². The van der Waals surface area contributed by atoms with Crippen LogP contribution in [0.1, 0.15) is 33.6 Å². The molecule has 0 saturated carbocycles. The Morgan fingerprint density at radius 1 is 1.29 bits per heavy atom. The third-order valence-electron chi connectivity index (χ3n) is 2.04. The third kappa shape index (κ3) is 8.85. The zero-order valence-electron chi connectivity index (χ0n) is 10.1. The highest BCUT2D eigenvalue weighted by Gasteiger charge is 2.15. The molecule has 0 radical (unpaired) electrons. The molecule has 14 heavy (non-hydrogen) atoms. The lowest BCUT2D eigenvalue weighted by Crippen LogP contribution is -2.38. The minimum Gasteiger partial charge on any atom is -0.375 e. The van der Waals surface area contributed by atoms with Gasteiger partial charge in [-0.1, -0.05) is 0 Å².